The summed E-state index contributed by atoms with van der Waals surface area (Å²) in [6, 6.07) is 16.4. The Labute approximate surface area is 381 Å². The molecule has 6 aromatic rings. The molecule has 2 aliphatic heterocycles. The first-order valence-corrected chi connectivity index (χ1v) is 23.1. The average molecular weight is 924 g/mol. The number of benzene rings is 3. The van der Waals surface area contributed by atoms with Crippen molar-refractivity contribution >= 4 is 55.8 Å². The van der Waals surface area contributed by atoms with Gasteiger partial charge in [-0.05, 0) is 63.8 Å². The van der Waals surface area contributed by atoms with E-state index in [0.29, 0.717) is 94.7 Å². The highest BCUT2D eigenvalue weighted by Gasteiger charge is 2.42. The van der Waals surface area contributed by atoms with Crippen LogP contribution >= 0.6 is 0 Å². The third kappa shape index (κ3) is 8.35. The maximum Gasteiger partial charge on any atom is 0.407 e. The fraction of sp³-hybridized carbons (Fsp3) is 0.391. The number of likely N-dealkylation sites (tertiary alicyclic amines) is 2. The van der Waals surface area contributed by atoms with Gasteiger partial charge in [0.2, 0.25) is 11.8 Å². The van der Waals surface area contributed by atoms with Crippen molar-refractivity contribution in [2.75, 3.05) is 41.5 Å². The van der Waals surface area contributed by atoms with Crippen LogP contribution in [-0.4, -0.2) is 142 Å². The lowest BCUT2D eigenvalue weighted by Crippen LogP contribution is -2.54. The van der Waals surface area contributed by atoms with Crippen molar-refractivity contribution in [1.29, 1.82) is 0 Å². The van der Waals surface area contributed by atoms with E-state index < -0.39 is 58.6 Å². The highest BCUT2D eigenvalue weighted by molar-refractivity contribution is 7.90. The molecule has 20 heteroatoms. The van der Waals surface area contributed by atoms with Crippen LogP contribution in [0.5, 0.6) is 0 Å². The van der Waals surface area contributed by atoms with E-state index >= 15 is 0 Å². The number of ether oxygens (including phenoxy) is 3. The van der Waals surface area contributed by atoms with Gasteiger partial charge in [0, 0.05) is 56.3 Å². The van der Waals surface area contributed by atoms with Crippen molar-refractivity contribution in [3.63, 3.8) is 0 Å². The number of aromatic nitrogens is 5. The van der Waals surface area contributed by atoms with Gasteiger partial charge in [-0.3, -0.25) is 14.5 Å². The minimum atomic E-state index is -4.18. The second kappa shape index (κ2) is 18.6. The Kier molecular flexibility index (Phi) is 12.9. The lowest BCUT2D eigenvalue weighted by atomic mass is 10.1. The molecule has 6 atom stereocenters. The average Bonchev–Trinajstić information content (AvgIpc) is 4.19. The number of carbonyl (C=O) groups is 4. The third-order valence-corrected chi connectivity index (χ3v) is 14.6. The maximum absolute atomic E-state index is 14.8. The van der Waals surface area contributed by atoms with Crippen molar-refractivity contribution in [3.8, 4) is 22.5 Å². The maximum atomic E-state index is 14.8. The van der Waals surface area contributed by atoms with Gasteiger partial charge in [0.25, 0.3) is 10.0 Å². The Morgan fingerprint density at radius 3 is 1.77 bits per heavy atom. The number of aromatic amines is 2. The SMILES string of the molecule is COC(=O)N[C@@H](C(=O)N1CCC[C@@H]1c1ncc(-c2ccc3c4ccc(-c5cnc([C@H]6CCCN6C(=O)[C@@H]([C@H](C)OC)N(C)C(=O)O)[nH]5)cc4n(S(=O)(=O)c4ccccc4)c3c2)[nH]1)[C@H](C)OC. The summed E-state index contributed by atoms with van der Waals surface area (Å²) in [7, 11) is 1.29. The van der Waals surface area contributed by atoms with Gasteiger partial charge < -0.3 is 44.4 Å². The van der Waals surface area contributed by atoms with Crippen molar-refractivity contribution in [3.05, 3.63) is 90.8 Å². The number of hydrogen-bond acceptors (Lipinski definition) is 11. The second-order valence-electron chi connectivity index (χ2n) is 16.6. The van der Waals surface area contributed by atoms with E-state index in [4.69, 9.17) is 19.2 Å². The van der Waals surface area contributed by atoms with Crippen LogP contribution in [-0.2, 0) is 33.8 Å². The standard InChI is InChI=1S/C46H53N9O10S/c1-26(63-4)39(51-45(58)65-6)43(56)53-20-10-14-35(53)41-47-24-33(49-41)28-16-18-31-32-19-17-29(23-38(32)55(37(31)22-28)66(61,62)30-12-8-7-9-13-30)34-25-48-42(50-34)36-15-11-21-54(36)44(57)40(27(2)64-5)52(3)46(59)60/h7-9,12-13,16-19,22-27,35-36,39-40H,10-11,14-15,20-21H2,1-6H3,(H,47,49)(H,48,50)(H,51,58)(H,59,60)/t26-,27-,35+,36+,39+,40+/m0/s1. The summed E-state index contributed by atoms with van der Waals surface area (Å²) in [6.07, 6.45) is 2.61. The molecule has 4 N–H and O–H groups in total. The molecule has 0 saturated carbocycles. The van der Waals surface area contributed by atoms with Gasteiger partial charge in [-0.1, -0.05) is 42.5 Å². The highest BCUT2D eigenvalue weighted by atomic mass is 32.2. The predicted octanol–water partition coefficient (Wildman–Crippen LogP) is 5.91. The van der Waals surface area contributed by atoms with Gasteiger partial charge in [-0.15, -0.1) is 0 Å². The number of hydrogen-bond donors (Lipinski definition) is 4. The van der Waals surface area contributed by atoms with Gasteiger partial charge in [0.15, 0.2) is 0 Å². The van der Waals surface area contributed by atoms with E-state index in [1.165, 1.54) is 32.3 Å². The zero-order valence-corrected chi connectivity index (χ0v) is 38.2. The molecule has 66 heavy (non-hydrogen) atoms. The Balaban J connectivity index is 1.15. The Hall–Kier alpha value is -6.77. The highest BCUT2D eigenvalue weighted by Crippen LogP contribution is 2.39. The monoisotopic (exact) mass is 923 g/mol. The molecule has 3 aromatic carbocycles. The van der Waals surface area contributed by atoms with E-state index in [1.54, 1.807) is 78.5 Å². The summed E-state index contributed by atoms with van der Waals surface area (Å²) in [5.74, 6) is 0.344. The van der Waals surface area contributed by atoms with Crippen molar-refractivity contribution in [1.82, 2.24) is 43.9 Å². The number of likely N-dealkylation sites (N-methyl/N-ethyl adjacent to an activating group) is 1. The normalized spacial score (nSPS) is 18.3. The molecule has 0 bridgehead atoms. The van der Waals surface area contributed by atoms with Gasteiger partial charge in [0.05, 0.1) is 71.1 Å². The van der Waals surface area contributed by atoms with E-state index in [2.05, 4.69) is 20.3 Å². The molecule has 0 unspecified atom stereocenters. The number of alkyl carbamates (subject to hydrolysis) is 1. The fourth-order valence-corrected chi connectivity index (χ4v) is 10.7. The quantitative estimate of drug-likeness (QED) is 0.0999. The van der Waals surface area contributed by atoms with Crippen LogP contribution in [0.2, 0.25) is 0 Å². The number of H-pyrrole nitrogens is 2. The van der Waals surface area contributed by atoms with Crippen LogP contribution < -0.4 is 5.32 Å². The minimum absolute atomic E-state index is 0.0988. The smallest absolute Gasteiger partial charge is 0.407 e. The predicted molar refractivity (Wildman–Crippen MR) is 243 cm³/mol. The lowest BCUT2D eigenvalue weighted by Gasteiger charge is -2.34. The summed E-state index contributed by atoms with van der Waals surface area (Å²) in [6.45, 7) is 4.21. The van der Waals surface area contributed by atoms with Crippen molar-refractivity contribution in [2.45, 2.75) is 80.8 Å². The molecule has 348 valence electrons. The van der Waals surface area contributed by atoms with Gasteiger partial charge >= 0.3 is 12.2 Å². The zero-order valence-electron chi connectivity index (χ0n) is 37.4. The van der Waals surface area contributed by atoms with Crippen molar-refractivity contribution in [2.24, 2.45) is 0 Å². The number of nitrogens with zero attached hydrogens (tertiary/aromatic N) is 6. The first kappa shape index (κ1) is 45.8. The van der Waals surface area contributed by atoms with E-state index in [9.17, 15) is 32.7 Å². The number of methoxy groups -OCH3 is 3. The third-order valence-electron chi connectivity index (χ3n) is 12.9. The van der Waals surface area contributed by atoms with E-state index in [-0.39, 0.29) is 16.7 Å². The Morgan fingerprint density at radius 2 is 1.29 bits per heavy atom. The summed E-state index contributed by atoms with van der Waals surface area (Å²) in [5, 5.41) is 13.7. The Morgan fingerprint density at radius 1 is 0.773 bits per heavy atom. The molecule has 2 aliphatic rings. The molecular formula is C46H53N9O10S. The molecule has 19 nitrogen and oxygen atoms in total. The summed E-state index contributed by atoms with van der Waals surface area (Å²) in [4.78, 5) is 72.5. The van der Waals surface area contributed by atoms with Crippen LogP contribution in [0.1, 0.15) is 63.3 Å². The van der Waals surface area contributed by atoms with Crippen LogP contribution in [0.15, 0.2) is 84.0 Å². The number of amides is 4. The van der Waals surface area contributed by atoms with Gasteiger partial charge in [-0.2, -0.15) is 0 Å². The Bertz CT molecular complexity index is 2900. The van der Waals surface area contributed by atoms with Gasteiger partial charge in [0.1, 0.15) is 23.7 Å². The number of nitrogens with one attached hydrogen (secondary N) is 3. The molecule has 2 saturated heterocycles. The number of carbonyl (C=O) groups excluding carboxylic acids is 3. The van der Waals surface area contributed by atoms with Crippen molar-refractivity contribution < 1.29 is 46.9 Å². The molecule has 0 radical (unpaired) electrons. The molecule has 4 amide bonds. The molecule has 2 fully saturated rings. The molecule has 8 rings (SSSR count). The molecule has 3 aromatic heterocycles. The van der Waals surface area contributed by atoms with Crippen LogP contribution in [0.3, 0.4) is 0 Å². The van der Waals surface area contributed by atoms with Crippen LogP contribution in [0, 0.1) is 0 Å². The van der Waals surface area contributed by atoms with E-state index in [1.807, 2.05) is 24.3 Å². The zero-order chi connectivity index (χ0) is 47.0. The van der Waals surface area contributed by atoms with Crippen LogP contribution in [0.25, 0.3) is 44.3 Å². The summed E-state index contributed by atoms with van der Waals surface area (Å²) in [5.41, 5.74) is 3.37. The molecular weight excluding hydrogens is 871 g/mol. The fourth-order valence-electron chi connectivity index (χ4n) is 9.19. The largest absolute Gasteiger partial charge is 0.465 e. The second-order valence-corrected chi connectivity index (χ2v) is 18.4. The molecule has 5 heterocycles. The number of carboxylic acid groups (broad SMARTS) is 1. The first-order chi connectivity index (χ1) is 31.7. The summed E-state index contributed by atoms with van der Waals surface area (Å²) < 4.78 is 46.5. The van der Waals surface area contributed by atoms with Gasteiger partial charge in [-0.25, -0.2) is 31.9 Å². The molecule has 0 aliphatic carbocycles. The minimum Gasteiger partial charge on any atom is -0.465 e. The topological polar surface area (TPSA) is 234 Å². The van der Waals surface area contributed by atoms with E-state index in [0.717, 1.165) is 4.90 Å². The van der Waals surface area contributed by atoms with Crippen LogP contribution in [0.4, 0.5) is 9.59 Å². The number of imidazole rings is 2. The summed E-state index contributed by atoms with van der Waals surface area (Å²) >= 11 is 0. The lowest BCUT2D eigenvalue weighted by molar-refractivity contribution is -0.141. The first-order valence-electron chi connectivity index (χ1n) is 21.6. The number of rotatable bonds is 14. The molecule has 0 spiro atoms. The number of fused-ring (bicyclic) bond motifs is 3.